The van der Waals surface area contributed by atoms with Crippen molar-refractivity contribution in [2.24, 2.45) is 0 Å². The molecule has 0 bridgehead atoms. The van der Waals surface area contributed by atoms with Crippen LogP contribution in [0.5, 0.6) is 0 Å². The zero-order valence-electron chi connectivity index (χ0n) is 9.59. The van der Waals surface area contributed by atoms with Gasteiger partial charge in [-0.2, -0.15) is 0 Å². The highest BCUT2D eigenvalue weighted by Gasteiger charge is 2.17. The van der Waals surface area contributed by atoms with Crippen LogP contribution >= 0.6 is 11.3 Å². The third-order valence-corrected chi connectivity index (χ3v) is 5.80. The summed E-state index contributed by atoms with van der Waals surface area (Å²) in [6, 6.07) is 11.1. The van der Waals surface area contributed by atoms with Gasteiger partial charge in [0.25, 0.3) is 0 Å². The lowest BCUT2D eigenvalue weighted by atomic mass is 10.1. The van der Waals surface area contributed by atoms with Crippen molar-refractivity contribution < 1.29 is 8.42 Å². The maximum absolute atomic E-state index is 12.1. The number of sulfone groups is 1. The van der Waals surface area contributed by atoms with Gasteiger partial charge in [0.05, 0.1) is 5.75 Å². The Kier molecular flexibility index (Phi) is 3.64. The van der Waals surface area contributed by atoms with Crippen molar-refractivity contribution in [3.8, 4) is 0 Å². The van der Waals surface area contributed by atoms with Crippen LogP contribution in [-0.2, 0) is 22.0 Å². The van der Waals surface area contributed by atoms with Gasteiger partial charge in [0.15, 0.2) is 9.84 Å². The lowest BCUT2D eigenvalue weighted by Crippen LogP contribution is -2.05. The van der Waals surface area contributed by atoms with Crippen molar-refractivity contribution in [1.29, 1.82) is 0 Å². The smallest absolute Gasteiger partial charge is 0.191 e. The number of rotatable bonds is 4. The van der Waals surface area contributed by atoms with Gasteiger partial charge in [-0.3, -0.25) is 0 Å². The maximum Gasteiger partial charge on any atom is 0.191 e. The molecule has 0 saturated carbocycles. The van der Waals surface area contributed by atoms with Gasteiger partial charge in [0.1, 0.15) is 4.21 Å². The Hall–Kier alpha value is -1.13. The molecule has 0 unspecified atom stereocenters. The average molecular weight is 266 g/mol. The van der Waals surface area contributed by atoms with Crippen molar-refractivity contribution in [3.63, 3.8) is 0 Å². The monoisotopic (exact) mass is 266 g/mol. The largest absolute Gasteiger partial charge is 0.223 e. The van der Waals surface area contributed by atoms with Crippen molar-refractivity contribution in [1.82, 2.24) is 0 Å². The second-order valence-corrected chi connectivity index (χ2v) is 6.98. The first kappa shape index (κ1) is 12.3. The minimum atomic E-state index is -3.18. The summed E-state index contributed by atoms with van der Waals surface area (Å²) in [5, 5.41) is 1.79. The molecule has 0 radical (unpaired) electrons. The predicted octanol–water partition coefficient (Wildman–Crippen LogP) is 3.28. The molecule has 0 aliphatic rings. The molecular weight excluding hydrogens is 252 g/mol. The first-order valence-electron chi connectivity index (χ1n) is 5.46. The molecule has 90 valence electrons. The van der Waals surface area contributed by atoms with Gasteiger partial charge in [0.2, 0.25) is 0 Å². The van der Waals surface area contributed by atoms with Gasteiger partial charge in [0, 0.05) is 0 Å². The van der Waals surface area contributed by atoms with E-state index in [1.54, 1.807) is 17.5 Å². The Morgan fingerprint density at radius 1 is 1.06 bits per heavy atom. The molecule has 0 atom stereocenters. The minimum absolute atomic E-state index is 0.0948. The second-order valence-electron chi connectivity index (χ2n) is 3.81. The fourth-order valence-corrected chi connectivity index (χ4v) is 4.26. The summed E-state index contributed by atoms with van der Waals surface area (Å²) in [6.45, 7) is 2.04. The molecule has 0 amide bonds. The molecule has 0 saturated heterocycles. The summed E-state index contributed by atoms with van der Waals surface area (Å²) in [5.74, 6) is 0.0948. The van der Waals surface area contributed by atoms with Gasteiger partial charge in [-0.1, -0.05) is 37.3 Å². The zero-order chi connectivity index (χ0) is 12.3. The number of hydrogen-bond acceptors (Lipinski definition) is 3. The Balaban J connectivity index is 2.33. The van der Waals surface area contributed by atoms with E-state index < -0.39 is 9.84 Å². The van der Waals surface area contributed by atoms with Crippen molar-refractivity contribution in [3.05, 3.63) is 52.9 Å². The van der Waals surface area contributed by atoms with Gasteiger partial charge < -0.3 is 0 Å². The average Bonchev–Trinajstić information content (AvgIpc) is 2.83. The zero-order valence-corrected chi connectivity index (χ0v) is 11.2. The Bertz CT molecular complexity index is 584. The quantitative estimate of drug-likeness (QED) is 0.851. The van der Waals surface area contributed by atoms with E-state index in [1.165, 1.54) is 11.3 Å². The fourth-order valence-electron chi connectivity index (χ4n) is 1.76. The van der Waals surface area contributed by atoms with Crippen LogP contribution in [0, 0.1) is 0 Å². The molecule has 2 rings (SSSR count). The molecule has 17 heavy (non-hydrogen) atoms. The van der Waals surface area contributed by atoms with E-state index in [1.807, 2.05) is 31.2 Å². The molecule has 0 aliphatic carbocycles. The van der Waals surface area contributed by atoms with E-state index in [9.17, 15) is 8.42 Å². The molecule has 0 N–H and O–H groups in total. The number of hydrogen-bond donors (Lipinski definition) is 0. The number of aryl methyl sites for hydroxylation is 1. The third-order valence-electron chi connectivity index (χ3n) is 2.65. The summed E-state index contributed by atoms with van der Waals surface area (Å²) in [7, 11) is -3.18. The lowest BCUT2D eigenvalue weighted by Gasteiger charge is -2.07. The second kappa shape index (κ2) is 5.02. The van der Waals surface area contributed by atoms with E-state index >= 15 is 0 Å². The highest BCUT2D eigenvalue weighted by molar-refractivity contribution is 7.92. The minimum Gasteiger partial charge on any atom is -0.223 e. The molecule has 1 aromatic heterocycles. The van der Waals surface area contributed by atoms with E-state index in [0.29, 0.717) is 4.21 Å². The van der Waals surface area contributed by atoms with Crippen LogP contribution in [0.25, 0.3) is 0 Å². The molecule has 2 aromatic rings. The normalized spacial score (nSPS) is 11.6. The van der Waals surface area contributed by atoms with Crippen LogP contribution in [0.3, 0.4) is 0 Å². The maximum atomic E-state index is 12.1. The van der Waals surface area contributed by atoms with Gasteiger partial charge >= 0.3 is 0 Å². The van der Waals surface area contributed by atoms with Crippen molar-refractivity contribution in [2.45, 2.75) is 23.3 Å². The summed E-state index contributed by atoms with van der Waals surface area (Å²) in [5.41, 5.74) is 2.01. The van der Waals surface area contributed by atoms with Crippen molar-refractivity contribution >= 4 is 21.2 Å². The highest BCUT2D eigenvalue weighted by atomic mass is 32.2. The SMILES string of the molecule is CCc1ccccc1CS(=O)(=O)c1cccs1. The molecule has 0 spiro atoms. The molecule has 1 heterocycles. The molecule has 4 heteroatoms. The fraction of sp³-hybridized carbons (Fsp3) is 0.231. The van der Waals surface area contributed by atoms with Crippen LogP contribution < -0.4 is 0 Å². The first-order valence-corrected chi connectivity index (χ1v) is 7.99. The van der Waals surface area contributed by atoms with Crippen molar-refractivity contribution in [2.75, 3.05) is 0 Å². The van der Waals surface area contributed by atoms with Crippen LogP contribution in [0.4, 0.5) is 0 Å². The highest BCUT2D eigenvalue weighted by Crippen LogP contribution is 2.22. The Morgan fingerprint density at radius 2 is 1.76 bits per heavy atom. The molecule has 0 aliphatic heterocycles. The van der Waals surface area contributed by atoms with Crippen LogP contribution in [0.15, 0.2) is 46.0 Å². The van der Waals surface area contributed by atoms with Gasteiger partial charge in [-0.05, 0) is 29.0 Å². The molecule has 2 nitrogen and oxygen atoms in total. The van der Waals surface area contributed by atoms with E-state index in [2.05, 4.69) is 0 Å². The predicted molar refractivity (Wildman–Crippen MR) is 71.0 cm³/mol. The number of benzene rings is 1. The topological polar surface area (TPSA) is 34.1 Å². The molecule has 0 fully saturated rings. The van der Waals surface area contributed by atoms with E-state index in [-0.39, 0.29) is 5.75 Å². The number of thiophene rings is 1. The standard InChI is InChI=1S/C13H14O2S2/c1-2-11-6-3-4-7-12(11)10-17(14,15)13-8-5-9-16-13/h3-9H,2,10H2,1H3. The first-order chi connectivity index (χ1) is 8.13. The molecular formula is C13H14O2S2. The summed E-state index contributed by atoms with van der Waals surface area (Å²) in [4.78, 5) is 0. The summed E-state index contributed by atoms with van der Waals surface area (Å²) >= 11 is 1.27. The van der Waals surface area contributed by atoms with Crippen LogP contribution in [0.2, 0.25) is 0 Å². The van der Waals surface area contributed by atoms with Gasteiger partial charge in [-0.15, -0.1) is 11.3 Å². The Labute approximate surface area is 106 Å². The van der Waals surface area contributed by atoms with E-state index in [0.717, 1.165) is 17.5 Å². The van der Waals surface area contributed by atoms with Crippen LogP contribution in [0.1, 0.15) is 18.1 Å². The van der Waals surface area contributed by atoms with Crippen LogP contribution in [-0.4, -0.2) is 8.42 Å². The molecule has 1 aromatic carbocycles. The Morgan fingerprint density at radius 3 is 2.35 bits per heavy atom. The summed E-state index contributed by atoms with van der Waals surface area (Å²) in [6.07, 6.45) is 0.857. The van der Waals surface area contributed by atoms with E-state index in [4.69, 9.17) is 0 Å². The van der Waals surface area contributed by atoms with Gasteiger partial charge in [-0.25, -0.2) is 8.42 Å². The lowest BCUT2D eigenvalue weighted by molar-refractivity contribution is 0.597. The third kappa shape index (κ3) is 2.76. The summed E-state index contributed by atoms with van der Waals surface area (Å²) < 4.78 is 24.7.